The molecule has 0 aliphatic carbocycles. The predicted molar refractivity (Wildman–Crippen MR) is 133 cm³/mol. The number of ether oxygens (including phenoxy) is 1. The maximum absolute atomic E-state index is 13.1. The molecule has 0 radical (unpaired) electrons. The van der Waals surface area contributed by atoms with Crippen molar-refractivity contribution in [2.24, 2.45) is 5.41 Å². The van der Waals surface area contributed by atoms with E-state index in [1.807, 2.05) is 30.3 Å². The molecule has 184 valence electrons. The average molecular weight is 487 g/mol. The molecule has 1 aliphatic heterocycles. The number of carbonyl (C=O) groups excluding carboxylic acids is 2. The molecule has 2 N–H and O–H groups in total. The Morgan fingerprint density at radius 1 is 1.19 bits per heavy atom. The Balaban J connectivity index is 1.46. The van der Waals surface area contributed by atoms with Gasteiger partial charge in [-0.1, -0.05) is 42.2 Å². The number of amides is 2. The Morgan fingerprint density at radius 3 is 2.67 bits per heavy atom. The molecule has 1 aromatic heterocycles. The summed E-state index contributed by atoms with van der Waals surface area (Å²) in [6, 6.07) is 15.5. The molecule has 36 heavy (non-hydrogen) atoms. The van der Waals surface area contributed by atoms with Gasteiger partial charge in [0.05, 0.1) is 12.2 Å². The lowest BCUT2D eigenvalue weighted by atomic mass is 9.94. The number of benzene rings is 2. The summed E-state index contributed by atoms with van der Waals surface area (Å²) in [5.41, 5.74) is 1.05. The number of aromatic nitrogens is 2. The molecule has 0 unspecified atom stereocenters. The van der Waals surface area contributed by atoms with E-state index in [4.69, 9.17) is 4.74 Å². The zero-order valence-corrected chi connectivity index (χ0v) is 20.2. The second-order valence-electron chi connectivity index (χ2n) is 8.98. The minimum absolute atomic E-state index is 0.0519. The van der Waals surface area contributed by atoms with Crippen LogP contribution in [0.25, 0.3) is 0 Å². The molecule has 2 aromatic carbocycles. The molecule has 9 nitrogen and oxygen atoms in total. The van der Waals surface area contributed by atoms with Gasteiger partial charge < -0.3 is 20.1 Å². The van der Waals surface area contributed by atoms with Gasteiger partial charge in [0.25, 0.3) is 11.8 Å². The van der Waals surface area contributed by atoms with Crippen molar-refractivity contribution in [3.8, 4) is 17.6 Å². The lowest BCUT2D eigenvalue weighted by molar-refractivity contribution is -0.143. The van der Waals surface area contributed by atoms with Crippen LogP contribution in [0.3, 0.4) is 0 Å². The highest BCUT2D eigenvalue weighted by molar-refractivity contribution is 6.02. The van der Waals surface area contributed by atoms with Crippen molar-refractivity contribution >= 4 is 23.5 Å². The number of nitrogens with zero attached hydrogens (tertiary/aromatic N) is 3. The van der Waals surface area contributed by atoms with Gasteiger partial charge in [-0.05, 0) is 43.7 Å². The normalized spacial score (nSPS) is 15.1. The molecule has 2 amide bonds. The third-order valence-electron chi connectivity index (χ3n) is 5.77. The van der Waals surface area contributed by atoms with Gasteiger partial charge in [-0.15, -0.1) is 0 Å². The van der Waals surface area contributed by atoms with Gasteiger partial charge in [-0.25, -0.2) is 0 Å². The van der Waals surface area contributed by atoms with E-state index in [0.717, 1.165) is 5.56 Å². The van der Waals surface area contributed by atoms with E-state index < -0.39 is 23.3 Å². The topological polar surface area (TPSA) is 114 Å². The Kier molecular flexibility index (Phi) is 6.79. The standard InChI is InChI=1S/C27H26N4O5/c1-27(2,26(34)35)13-11-18-9-10-23-22(15-18)30(3)25(33)21(17-36-23)28-24(32)20-12-14-31(29-20)16-19-7-5-4-6-8-19/h4-10,12,14-15,21H,16-17H2,1-3H3,(H,28,32)(H,34,35)/t21-/m0/s1. The number of likely N-dealkylation sites (N-methyl/N-ethyl adjacent to an activating group) is 1. The number of carbonyl (C=O) groups is 3. The lowest BCUT2D eigenvalue weighted by Crippen LogP contribution is -2.49. The van der Waals surface area contributed by atoms with Crippen LogP contribution in [0.15, 0.2) is 60.8 Å². The van der Waals surface area contributed by atoms with E-state index in [-0.39, 0.29) is 18.2 Å². The number of hydrogen-bond donors (Lipinski definition) is 2. The Labute approximate surface area is 208 Å². The predicted octanol–water partition coefficient (Wildman–Crippen LogP) is 2.55. The van der Waals surface area contributed by atoms with Gasteiger partial charge in [0.15, 0.2) is 0 Å². The molecule has 0 spiro atoms. The summed E-state index contributed by atoms with van der Waals surface area (Å²) >= 11 is 0. The van der Waals surface area contributed by atoms with Gasteiger partial charge in [0, 0.05) is 18.8 Å². The van der Waals surface area contributed by atoms with E-state index in [0.29, 0.717) is 23.5 Å². The highest BCUT2D eigenvalue weighted by atomic mass is 16.5. The molecule has 0 bridgehead atoms. The van der Waals surface area contributed by atoms with E-state index in [1.54, 1.807) is 42.2 Å². The summed E-state index contributed by atoms with van der Waals surface area (Å²) in [5.74, 6) is 4.18. The fraction of sp³-hybridized carbons (Fsp3) is 0.259. The first-order valence-corrected chi connectivity index (χ1v) is 11.3. The average Bonchev–Trinajstić information content (AvgIpc) is 3.29. The fourth-order valence-electron chi connectivity index (χ4n) is 3.53. The number of rotatable bonds is 5. The largest absolute Gasteiger partial charge is 0.489 e. The van der Waals surface area contributed by atoms with Gasteiger partial charge in [-0.3, -0.25) is 19.1 Å². The second-order valence-corrected chi connectivity index (χ2v) is 8.98. The molecule has 2 heterocycles. The summed E-state index contributed by atoms with van der Waals surface area (Å²) in [5, 5.41) is 16.3. The lowest BCUT2D eigenvalue weighted by Gasteiger charge is -2.20. The summed E-state index contributed by atoms with van der Waals surface area (Å²) in [6.07, 6.45) is 1.71. The van der Waals surface area contributed by atoms with Crippen LogP contribution < -0.4 is 15.0 Å². The monoisotopic (exact) mass is 486 g/mol. The van der Waals surface area contributed by atoms with Gasteiger partial charge in [0.1, 0.15) is 29.5 Å². The number of carboxylic acid groups (broad SMARTS) is 1. The first-order chi connectivity index (χ1) is 17.1. The molecule has 0 saturated heterocycles. The third kappa shape index (κ3) is 5.39. The van der Waals surface area contributed by atoms with E-state index in [9.17, 15) is 19.5 Å². The number of hydrogen-bond acceptors (Lipinski definition) is 5. The van der Waals surface area contributed by atoms with Crippen LogP contribution in [0.5, 0.6) is 5.75 Å². The van der Waals surface area contributed by atoms with E-state index in [2.05, 4.69) is 22.3 Å². The smallest absolute Gasteiger partial charge is 0.321 e. The molecule has 1 atom stereocenters. The van der Waals surface area contributed by atoms with Crippen LogP contribution >= 0.6 is 0 Å². The van der Waals surface area contributed by atoms with Crippen molar-refractivity contribution in [2.75, 3.05) is 18.6 Å². The Hall–Kier alpha value is -4.58. The van der Waals surface area contributed by atoms with Crippen molar-refractivity contribution in [1.82, 2.24) is 15.1 Å². The van der Waals surface area contributed by atoms with Crippen LogP contribution in [-0.4, -0.2) is 52.4 Å². The SMILES string of the molecule is CN1C(=O)[C@@H](NC(=O)c2ccn(Cc3ccccc3)n2)COc2ccc(C#CC(C)(C)C(=O)O)cc21. The van der Waals surface area contributed by atoms with Crippen LogP contribution in [0, 0.1) is 17.3 Å². The van der Waals surface area contributed by atoms with Crippen LogP contribution in [0.4, 0.5) is 5.69 Å². The van der Waals surface area contributed by atoms with Crippen molar-refractivity contribution < 1.29 is 24.2 Å². The van der Waals surface area contributed by atoms with Crippen molar-refractivity contribution in [3.05, 3.63) is 77.6 Å². The van der Waals surface area contributed by atoms with Gasteiger partial charge >= 0.3 is 5.97 Å². The molecule has 9 heteroatoms. The highest BCUT2D eigenvalue weighted by Crippen LogP contribution is 2.31. The van der Waals surface area contributed by atoms with Crippen molar-refractivity contribution in [1.29, 1.82) is 0 Å². The van der Waals surface area contributed by atoms with Gasteiger partial charge in [-0.2, -0.15) is 5.10 Å². The molecule has 1 aliphatic rings. The number of fused-ring (bicyclic) bond motifs is 1. The van der Waals surface area contributed by atoms with Gasteiger partial charge in [0.2, 0.25) is 0 Å². The molecular weight excluding hydrogens is 460 g/mol. The maximum Gasteiger partial charge on any atom is 0.321 e. The maximum atomic E-state index is 13.1. The number of nitrogens with one attached hydrogen (secondary N) is 1. The summed E-state index contributed by atoms with van der Waals surface area (Å²) in [6.45, 7) is 3.50. The molecular formula is C27H26N4O5. The molecule has 0 fully saturated rings. The first kappa shape index (κ1) is 24.5. The minimum atomic E-state index is -1.21. The first-order valence-electron chi connectivity index (χ1n) is 11.3. The zero-order chi connectivity index (χ0) is 25.9. The number of anilines is 1. The second kappa shape index (κ2) is 9.96. The zero-order valence-electron chi connectivity index (χ0n) is 20.2. The molecule has 0 saturated carbocycles. The molecule has 3 aromatic rings. The van der Waals surface area contributed by atoms with E-state index in [1.165, 1.54) is 18.7 Å². The van der Waals surface area contributed by atoms with Crippen LogP contribution in [0.1, 0.15) is 35.5 Å². The Bertz CT molecular complexity index is 1370. The van der Waals surface area contributed by atoms with Crippen molar-refractivity contribution in [3.63, 3.8) is 0 Å². The van der Waals surface area contributed by atoms with Crippen LogP contribution in [-0.2, 0) is 16.1 Å². The summed E-state index contributed by atoms with van der Waals surface area (Å²) in [4.78, 5) is 38.7. The minimum Gasteiger partial charge on any atom is -0.489 e. The summed E-state index contributed by atoms with van der Waals surface area (Å²) < 4.78 is 7.47. The van der Waals surface area contributed by atoms with Crippen LogP contribution in [0.2, 0.25) is 0 Å². The molecule has 4 rings (SSSR count). The Morgan fingerprint density at radius 2 is 1.94 bits per heavy atom. The number of aliphatic carboxylic acids is 1. The number of carboxylic acids is 1. The quantitative estimate of drug-likeness (QED) is 0.536. The fourth-order valence-corrected chi connectivity index (χ4v) is 3.53. The highest BCUT2D eigenvalue weighted by Gasteiger charge is 2.31. The third-order valence-corrected chi connectivity index (χ3v) is 5.77. The van der Waals surface area contributed by atoms with Crippen molar-refractivity contribution in [2.45, 2.75) is 26.4 Å². The van der Waals surface area contributed by atoms with E-state index >= 15 is 0 Å². The summed E-state index contributed by atoms with van der Waals surface area (Å²) in [7, 11) is 1.59.